The highest BCUT2D eigenvalue weighted by molar-refractivity contribution is 7.15. The van der Waals surface area contributed by atoms with Crippen molar-refractivity contribution in [1.29, 1.82) is 0 Å². The van der Waals surface area contributed by atoms with E-state index in [0.29, 0.717) is 40.6 Å². The van der Waals surface area contributed by atoms with E-state index in [1.54, 1.807) is 18.2 Å². The first-order valence-electron chi connectivity index (χ1n) is 11.6. The van der Waals surface area contributed by atoms with Crippen LogP contribution in [0.3, 0.4) is 0 Å². The predicted octanol–water partition coefficient (Wildman–Crippen LogP) is 5.14. The third-order valence-electron chi connectivity index (χ3n) is 5.66. The molecule has 3 heterocycles. The van der Waals surface area contributed by atoms with Crippen molar-refractivity contribution < 1.29 is 18.7 Å². The lowest BCUT2D eigenvalue weighted by Crippen LogP contribution is -2.29. The number of ether oxygens (including phenoxy) is 2. The van der Waals surface area contributed by atoms with Gasteiger partial charge in [0.1, 0.15) is 22.1 Å². The Bertz CT molecular complexity index is 1480. The monoisotopic (exact) mass is 491 g/mol. The average Bonchev–Trinajstić information content (AvgIpc) is 3.42. The number of carbonyl (C=O) groups is 1. The lowest BCUT2D eigenvalue weighted by Gasteiger charge is -2.22. The van der Waals surface area contributed by atoms with E-state index in [4.69, 9.17) is 13.9 Å². The van der Waals surface area contributed by atoms with Crippen LogP contribution in [0.5, 0.6) is 11.5 Å². The first kappa shape index (κ1) is 23.0. The molecule has 0 saturated carbocycles. The Morgan fingerprint density at radius 3 is 2.63 bits per heavy atom. The molecule has 1 aliphatic heterocycles. The largest absolute Gasteiger partial charge is 0.494 e. The Labute approximate surface area is 206 Å². The van der Waals surface area contributed by atoms with E-state index in [1.165, 1.54) is 16.2 Å². The van der Waals surface area contributed by atoms with Crippen molar-refractivity contribution >= 4 is 33.3 Å². The zero-order valence-electron chi connectivity index (χ0n) is 19.9. The molecule has 0 N–H and O–H groups in total. The summed E-state index contributed by atoms with van der Waals surface area (Å²) < 4.78 is 17.5. The van der Waals surface area contributed by atoms with Gasteiger partial charge in [-0.25, -0.2) is 0 Å². The molecule has 0 bridgehead atoms. The van der Waals surface area contributed by atoms with Crippen LogP contribution >= 0.6 is 11.3 Å². The van der Waals surface area contributed by atoms with Crippen molar-refractivity contribution in [3.63, 3.8) is 0 Å². The minimum Gasteiger partial charge on any atom is -0.494 e. The Hall–Kier alpha value is -3.72. The van der Waals surface area contributed by atoms with Gasteiger partial charge in [0.25, 0.3) is 5.91 Å². The molecule has 5 rings (SSSR count). The summed E-state index contributed by atoms with van der Waals surface area (Å²) in [4.78, 5) is 29.0. The molecule has 1 aliphatic rings. The van der Waals surface area contributed by atoms with E-state index < -0.39 is 11.9 Å². The standard InChI is InChI=1S/C26H25N3O5S/c1-5-20-27-28-26(35-20)29-22(15-8-7-9-17(12-15)33-14(3)4)21-23(30)18-11-10-16(32-6-2)13-19(18)34-24(21)25(29)31/h7-14,22H,5-6H2,1-4H3. The van der Waals surface area contributed by atoms with Crippen LogP contribution in [0.25, 0.3) is 11.0 Å². The van der Waals surface area contributed by atoms with E-state index in [0.717, 1.165) is 10.6 Å². The lowest BCUT2D eigenvalue weighted by molar-refractivity contribution is 0.0970. The molecule has 0 radical (unpaired) electrons. The van der Waals surface area contributed by atoms with Crippen LogP contribution < -0.4 is 19.8 Å². The summed E-state index contributed by atoms with van der Waals surface area (Å²) in [5, 5.41) is 10.1. The number of carbonyl (C=O) groups excluding carboxylic acids is 1. The lowest BCUT2D eigenvalue weighted by atomic mass is 9.98. The second-order valence-electron chi connectivity index (χ2n) is 8.41. The van der Waals surface area contributed by atoms with Crippen LogP contribution in [-0.2, 0) is 6.42 Å². The predicted molar refractivity (Wildman–Crippen MR) is 134 cm³/mol. The van der Waals surface area contributed by atoms with E-state index in [2.05, 4.69) is 10.2 Å². The highest BCUT2D eigenvalue weighted by Crippen LogP contribution is 2.43. The maximum atomic E-state index is 13.8. The number of fused-ring (bicyclic) bond motifs is 2. The number of amides is 1. The van der Waals surface area contributed by atoms with Crippen LogP contribution in [0, 0.1) is 0 Å². The number of benzene rings is 2. The van der Waals surface area contributed by atoms with Gasteiger partial charge in [-0.2, -0.15) is 0 Å². The highest BCUT2D eigenvalue weighted by atomic mass is 32.1. The average molecular weight is 492 g/mol. The molecule has 8 nitrogen and oxygen atoms in total. The Morgan fingerprint density at radius 2 is 1.91 bits per heavy atom. The van der Waals surface area contributed by atoms with E-state index in [9.17, 15) is 9.59 Å². The number of aromatic nitrogens is 2. The first-order valence-corrected chi connectivity index (χ1v) is 12.4. The summed E-state index contributed by atoms with van der Waals surface area (Å²) in [5.41, 5.74) is 1.04. The third kappa shape index (κ3) is 4.05. The SMILES string of the molecule is CCOc1ccc2c(=O)c3c(oc2c1)C(=O)N(c1nnc(CC)s1)C3c1cccc(OC(C)C)c1. The third-order valence-corrected chi connectivity index (χ3v) is 6.73. The van der Waals surface area contributed by atoms with Crippen molar-refractivity contribution in [2.24, 2.45) is 0 Å². The zero-order chi connectivity index (χ0) is 24.7. The van der Waals surface area contributed by atoms with Crippen molar-refractivity contribution in [3.8, 4) is 11.5 Å². The van der Waals surface area contributed by atoms with E-state index >= 15 is 0 Å². The zero-order valence-corrected chi connectivity index (χ0v) is 20.7. The molecule has 1 amide bonds. The van der Waals surface area contributed by atoms with Gasteiger partial charge in [0.2, 0.25) is 10.9 Å². The van der Waals surface area contributed by atoms with Gasteiger partial charge in [0.05, 0.1) is 29.7 Å². The quantitative estimate of drug-likeness (QED) is 0.353. The molecule has 35 heavy (non-hydrogen) atoms. The number of hydrogen-bond donors (Lipinski definition) is 0. The Kier molecular flexibility index (Phi) is 6.02. The molecule has 0 aliphatic carbocycles. The number of hydrogen-bond acceptors (Lipinski definition) is 8. The Morgan fingerprint density at radius 1 is 1.09 bits per heavy atom. The molecule has 1 unspecified atom stereocenters. The molecular formula is C26H25N3O5S. The normalized spacial score (nSPS) is 15.2. The molecule has 2 aromatic carbocycles. The fourth-order valence-electron chi connectivity index (χ4n) is 4.24. The number of aryl methyl sites for hydroxylation is 1. The van der Waals surface area contributed by atoms with Crippen molar-refractivity contribution in [2.75, 3.05) is 11.5 Å². The van der Waals surface area contributed by atoms with Crippen LogP contribution in [0.4, 0.5) is 5.13 Å². The second kappa shape index (κ2) is 9.14. The summed E-state index contributed by atoms with van der Waals surface area (Å²) in [7, 11) is 0. The van der Waals surface area contributed by atoms with Crippen LogP contribution in [0.1, 0.15) is 60.4 Å². The molecule has 180 valence electrons. The van der Waals surface area contributed by atoms with Crippen LogP contribution in [0.15, 0.2) is 51.7 Å². The molecule has 0 saturated heterocycles. The number of rotatable bonds is 7. The fraction of sp³-hybridized carbons (Fsp3) is 0.308. The second-order valence-corrected chi connectivity index (χ2v) is 9.45. The smallest absolute Gasteiger partial charge is 0.297 e. The summed E-state index contributed by atoms with van der Waals surface area (Å²) in [6, 6.07) is 11.7. The van der Waals surface area contributed by atoms with Crippen LogP contribution in [0.2, 0.25) is 0 Å². The van der Waals surface area contributed by atoms with Gasteiger partial charge in [-0.15, -0.1) is 10.2 Å². The van der Waals surface area contributed by atoms with Gasteiger partial charge in [-0.3, -0.25) is 14.5 Å². The summed E-state index contributed by atoms with van der Waals surface area (Å²) >= 11 is 1.32. The van der Waals surface area contributed by atoms with Crippen molar-refractivity contribution in [1.82, 2.24) is 10.2 Å². The molecule has 0 spiro atoms. The summed E-state index contributed by atoms with van der Waals surface area (Å²) in [6.07, 6.45) is 0.665. The molecule has 9 heteroatoms. The topological polar surface area (TPSA) is 94.8 Å². The minimum atomic E-state index is -0.724. The molecular weight excluding hydrogens is 466 g/mol. The maximum absolute atomic E-state index is 13.8. The van der Waals surface area contributed by atoms with Crippen molar-refractivity contribution in [2.45, 2.75) is 46.3 Å². The minimum absolute atomic E-state index is 0.00424. The van der Waals surface area contributed by atoms with E-state index in [-0.39, 0.29) is 22.9 Å². The summed E-state index contributed by atoms with van der Waals surface area (Å²) in [5.74, 6) is 0.790. The molecule has 0 fully saturated rings. The number of anilines is 1. The van der Waals surface area contributed by atoms with Gasteiger partial charge in [0.15, 0.2) is 5.43 Å². The maximum Gasteiger partial charge on any atom is 0.297 e. The molecule has 2 aromatic heterocycles. The first-order chi connectivity index (χ1) is 16.9. The van der Waals surface area contributed by atoms with Gasteiger partial charge in [0, 0.05) is 6.07 Å². The van der Waals surface area contributed by atoms with Gasteiger partial charge in [-0.1, -0.05) is 30.4 Å². The molecule has 1 atom stereocenters. The highest BCUT2D eigenvalue weighted by Gasteiger charge is 2.45. The van der Waals surface area contributed by atoms with Gasteiger partial charge in [-0.05, 0) is 57.0 Å². The molecule has 4 aromatic rings. The van der Waals surface area contributed by atoms with Crippen LogP contribution in [-0.4, -0.2) is 28.8 Å². The van der Waals surface area contributed by atoms with Gasteiger partial charge < -0.3 is 13.9 Å². The Balaban J connectivity index is 1.73. The van der Waals surface area contributed by atoms with Crippen molar-refractivity contribution in [3.05, 3.63) is 74.6 Å². The number of nitrogens with zero attached hydrogens (tertiary/aromatic N) is 3. The van der Waals surface area contributed by atoms with Gasteiger partial charge >= 0.3 is 0 Å². The summed E-state index contributed by atoms with van der Waals surface area (Å²) in [6.45, 7) is 8.21. The van der Waals surface area contributed by atoms with E-state index in [1.807, 2.05) is 52.0 Å². The fourth-order valence-corrected chi connectivity index (χ4v) is 5.04.